The largest absolute Gasteiger partial charge is 0.482 e. The van der Waals surface area contributed by atoms with Crippen molar-refractivity contribution < 1.29 is 29.0 Å². The molecule has 1 N–H and O–H groups in total. The third-order valence-electron chi connectivity index (χ3n) is 6.30. The summed E-state index contributed by atoms with van der Waals surface area (Å²) in [5, 5.41) is 8.91. The van der Waals surface area contributed by atoms with Gasteiger partial charge >= 0.3 is 11.9 Å². The van der Waals surface area contributed by atoms with Crippen LogP contribution >= 0.6 is 0 Å². The number of amides is 1. The minimum atomic E-state index is -1.07. The van der Waals surface area contributed by atoms with Crippen molar-refractivity contribution in [1.82, 2.24) is 4.90 Å². The number of hydrogen-bond donors (Lipinski definition) is 1. The Morgan fingerprint density at radius 2 is 1.88 bits per heavy atom. The average Bonchev–Trinajstić information content (AvgIpc) is 2.82. The number of carbonyl (C=O) groups excluding carboxylic acids is 2. The molecule has 3 rings (SSSR count). The minimum absolute atomic E-state index is 0.127. The van der Waals surface area contributed by atoms with E-state index in [1.165, 1.54) is 18.1 Å². The first-order chi connectivity index (χ1) is 16.2. The van der Waals surface area contributed by atoms with Crippen molar-refractivity contribution in [2.45, 2.75) is 65.0 Å². The fourth-order valence-corrected chi connectivity index (χ4v) is 4.27. The van der Waals surface area contributed by atoms with Gasteiger partial charge in [-0.3, -0.25) is 4.79 Å². The van der Waals surface area contributed by atoms with E-state index in [1.807, 2.05) is 6.07 Å². The maximum atomic E-state index is 13.2. The molecule has 2 aromatic carbocycles. The van der Waals surface area contributed by atoms with Gasteiger partial charge in [0.15, 0.2) is 6.61 Å². The Hall–Kier alpha value is -3.35. The number of nitrogens with zero attached hydrogens (tertiary/aromatic N) is 1. The number of aliphatic carboxylic acids is 1. The molecule has 182 valence electrons. The predicted octanol–water partition coefficient (Wildman–Crippen LogP) is 4.38. The average molecular weight is 468 g/mol. The SMILES string of the molecule is CC(=O)N1CCCC[C@H]1C(=O)OC(CCc1ccc(C)c(C)c1)c1cccc(OCC(=O)O)c1. The number of piperidine rings is 1. The maximum absolute atomic E-state index is 13.2. The molecule has 0 aliphatic carbocycles. The van der Waals surface area contributed by atoms with Gasteiger partial charge in [-0.25, -0.2) is 9.59 Å². The van der Waals surface area contributed by atoms with Gasteiger partial charge in [-0.05, 0) is 80.3 Å². The van der Waals surface area contributed by atoms with Crippen LogP contribution in [0.3, 0.4) is 0 Å². The van der Waals surface area contributed by atoms with Crippen LogP contribution in [-0.4, -0.2) is 47.0 Å². The van der Waals surface area contributed by atoms with Crippen LogP contribution in [-0.2, 0) is 25.5 Å². The maximum Gasteiger partial charge on any atom is 0.341 e. The van der Waals surface area contributed by atoms with Crippen molar-refractivity contribution in [3.8, 4) is 5.75 Å². The molecule has 1 fully saturated rings. The van der Waals surface area contributed by atoms with Gasteiger partial charge < -0.3 is 19.5 Å². The Balaban J connectivity index is 1.81. The summed E-state index contributed by atoms with van der Waals surface area (Å²) in [4.78, 5) is 37.7. The Labute approximate surface area is 200 Å². The predicted molar refractivity (Wildman–Crippen MR) is 128 cm³/mol. The van der Waals surface area contributed by atoms with E-state index in [0.29, 0.717) is 31.6 Å². The molecule has 1 aliphatic rings. The second-order valence-electron chi connectivity index (χ2n) is 8.86. The molecule has 7 nitrogen and oxygen atoms in total. The molecule has 0 aromatic heterocycles. The summed E-state index contributed by atoms with van der Waals surface area (Å²) in [6.45, 7) is 5.72. The molecule has 0 spiro atoms. The van der Waals surface area contributed by atoms with E-state index in [2.05, 4.69) is 32.0 Å². The number of carbonyl (C=O) groups is 3. The zero-order valence-corrected chi connectivity index (χ0v) is 20.1. The Morgan fingerprint density at radius 1 is 1.09 bits per heavy atom. The smallest absolute Gasteiger partial charge is 0.341 e. The summed E-state index contributed by atoms with van der Waals surface area (Å²) < 4.78 is 11.3. The van der Waals surface area contributed by atoms with Crippen LogP contribution in [0.15, 0.2) is 42.5 Å². The Kier molecular flexibility index (Phi) is 8.68. The topological polar surface area (TPSA) is 93.1 Å². The lowest BCUT2D eigenvalue weighted by molar-refractivity contribution is -0.161. The zero-order chi connectivity index (χ0) is 24.7. The van der Waals surface area contributed by atoms with Crippen LogP contribution in [0.5, 0.6) is 5.75 Å². The highest BCUT2D eigenvalue weighted by Crippen LogP contribution is 2.29. The van der Waals surface area contributed by atoms with Crippen molar-refractivity contribution >= 4 is 17.8 Å². The molecule has 0 saturated carbocycles. The monoisotopic (exact) mass is 467 g/mol. The summed E-state index contributed by atoms with van der Waals surface area (Å²) in [6, 6.07) is 12.7. The number of ether oxygens (including phenoxy) is 2. The molecule has 0 radical (unpaired) electrons. The van der Waals surface area contributed by atoms with Crippen molar-refractivity contribution in [3.05, 3.63) is 64.7 Å². The summed E-state index contributed by atoms with van der Waals surface area (Å²) in [5.74, 6) is -1.20. The molecule has 1 aliphatic heterocycles. The van der Waals surface area contributed by atoms with E-state index < -0.39 is 30.7 Å². The second kappa shape index (κ2) is 11.7. The third-order valence-corrected chi connectivity index (χ3v) is 6.30. The third kappa shape index (κ3) is 6.83. The molecule has 7 heteroatoms. The van der Waals surface area contributed by atoms with Crippen LogP contribution in [0.4, 0.5) is 0 Å². The standard InChI is InChI=1S/C27H33NO6/c1-18-10-11-21(15-19(18)2)12-13-25(22-7-6-8-23(16-22)33-17-26(30)31)34-27(32)24-9-4-5-14-28(24)20(3)29/h6-8,10-11,15-16,24-25H,4-5,9,12-14,17H2,1-3H3,(H,30,31)/t24-,25?/m0/s1. The highest BCUT2D eigenvalue weighted by atomic mass is 16.5. The van der Waals surface area contributed by atoms with Crippen LogP contribution in [0.25, 0.3) is 0 Å². The highest BCUT2D eigenvalue weighted by Gasteiger charge is 2.33. The van der Waals surface area contributed by atoms with Crippen LogP contribution in [0.2, 0.25) is 0 Å². The first-order valence-corrected chi connectivity index (χ1v) is 11.7. The molecule has 1 saturated heterocycles. The second-order valence-corrected chi connectivity index (χ2v) is 8.86. The Bertz CT molecular complexity index is 1030. The lowest BCUT2D eigenvalue weighted by Gasteiger charge is -2.34. The fraction of sp³-hybridized carbons (Fsp3) is 0.444. The number of carboxylic acid groups (broad SMARTS) is 1. The van der Waals surface area contributed by atoms with Crippen LogP contribution < -0.4 is 4.74 Å². The first kappa shape index (κ1) is 25.3. The van der Waals surface area contributed by atoms with E-state index in [9.17, 15) is 14.4 Å². The fourth-order valence-electron chi connectivity index (χ4n) is 4.27. The molecule has 2 atom stereocenters. The summed E-state index contributed by atoms with van der Waals surface area (Å²) in [5.41, 5.74) is 4.29. The van der Waals surface area contributed by atoms with Gasteiger partial charge in [-0.15, -0.1) is 0 Å². The zero-order valence-electron chi connectivity index (χ0n) is 20.1. The lowest BCUT2D eigenvalue weighted by atomic mass is 9.98. The molecule has 1 unspecified atom stereocenters. The number of carboxylic acids is 1. The van der Waals surface area contributed by atoms with E-state index in [0.717, 1.165) is 24.0 Å². The van der Waals surface area contributed by atoms with Gasteiger partial charge in [-0.2, -0.15) is 0 Å². The lowest BCUT2D eigenvalue weighted by Crippen LogP contribution is -2.48. The molecule has 0 bridgehead atoms. The number of aryl methyl sites for hydroxylation is 3. The van der Waals surface area contributed by atoms with Gasteiger partial charge in [0.05, 0.1) is 0 Å². The molecule has 34 heavy (non-hydrogen) atoms. The van der Waals surface area contributed by atoms with Gasteiger partial charge in [0, 0.05) is 13.5 Å². The summed E-state index contributed by atoms with van der Waals surface area (Å²) in [6.07, 6.45) is 3.02. The van der Waals surface area contributed by atoms with Crippen LogP contribution in [0, 0.1) is 13.8 Å². The number of esters is 1. The molecule has 1 amide bonds. The number of hydrogen-bond acceptors (Lipinski definition) is 5. The van der Waals surface area contributed by atoms with E-state index in [4.69, 9.17) is 14.6 Å². The highest BCUT2D eigenvalue weighted by molar-refractivity contribution is 5.83. The van der Waals surface area contributed by atoms with Crippen molar-refractivity contribution in [2.75, 3.05) is 13.2 Å². The van der Waals surface area contributed by atoms with Crippen molar-refractivity contribution in [1.29, 1.82) is 0 Å². The first-order valence-electron chi connectivity index (χ1n) is 11.7. The van der Waals surface area contributed by atoms with Gasteiger partial charge in [0.1, 0.15) is 17.9 Å². The van der Waals surface area contributed by atoms with Crippen molar-refractivity contribution in [3.63, 3.8) is 0 Å². The van der Waals surface area contributed by atoms with Gasteiger partial charge in [0.25, 0.3) is 0 Å². The number of rotatable bonds is 9. The minimum Gasteiger partial charge on any atom is -0.482 e. The van der Waals surface area contributed by atoms with Gasteiger partial charge in [0.2, 0.25) is 5.91 Å². The molecular formula is C27H33NO6. The van der Waals surface area contributed by atoms with E-state index >= 15 is 0 Å². The normalized spacial score (nSPS) is 16.6. The molecular weight excluding hydrogens is 434 g/mol. The van der Waals surface area contributed by atoms with E-state index in [-0.39, 0.29) is 5.91 Å². The summed E-state index contributed by atoms with van der Waals surface area (Å²) in [7, 11) is 0. The molecule has 1 heterocycles. The van der Waals surface area contributed by atoms with E-state index in [1.54, 1.807) is 23.1 Å². The molecule has 2 aromatic rings. The quantitative estimate of drug-likeness (QED) is 0.550. The Morgan fingerprint density at radius 3 is 2.59 bits per heavy atom. The summed E-state index contributed by atoms with van der Waals surface area (Å²) >= 11 is 0. The van der Waals surface area contributed by atoms with Crippen molar-refractivity contribution in [2.24, 2.45) is 0 Å². The number of benzene rings is 2. The number of likely N-dealkylation sites (tertiary alicyclic amines) is 1. The van der Waals surface area contributed by atoms with Gasteiger partial charge in [-0.1, -0.05) is 30.3 Å². The van der Waals surface area contributed by atoms with Crippen LogP contribution in [0.1, 0.15) is 61.0 Å².